The maximum Gasteiger partial charge on any atom is 0.353 e. The molecule has 5 rings (SSSR count). The van der Waals surface area contributed by atoms with Gasteiger partial charge in [0.15, 0.2) is 14.1 Å². The molecule has 7 nitrogen and oxygen atoms in total. The number of likely N-dealkylation sites (tertiary alicyclic amines) is 1. The monoisotopic (exact) mass is 795 g/mol. The number of nitrogens with zero attached hydrogens (tertiary/aromatic N) is 1. The van der Waals surface area contributed by atoms with Crippen LogP contribution in [0.3, 0.4) is 0 Å². The number of β-lactam (4-membered cyclic amide) rings is 1. The molecule has 1 aliphatic rings. The largest absolute Gasteiger partial charge is 0.544 e. The van der Waals surface area contributed by atoms with Crippen LogP contribution < -0.4 is 20.3 Å². The predicted molar refractivity (Wildman–Crippen MR) is 233 cm³/mol. The summed E-state index contributed by atoms with van der Waals surface area (Å²) in [7, 11) is -4.09. The van der Waals surface area contributed by atoms with Crippen LogP contribution in [0.2, 0.25) is 36.3 Å². The van der Waals surface area contributed by atoms with Gasteiger partial charge in [0.25, 0.3) is 0 Å². The zero-order valence-electron chi connectivity index (χ0n) is 33.5. The van der Waals surface area contributed by atoms with Crippen molar-refractivity contribution in [1.82, 2.24) is 4.90 Å². The van der Waals surface area contributed by atoms with Crippen molar-refractivity contribution >= 4 is 62.5 Å². The van der Waals surface area contributed by atoms with Crippen molar-refractivity contribution in [2.45, 2.75) is 103 Å². The maximum absolute atomic E-state index is 14.9. The van der Waals surface area contributed by atoms with Gasteiger partial charge in [-0.05, 0) is 83.4 Å². The van der Waals surface area contributed by atoms with E-state index in [9.17, 15) is 19.5 Å². The van der Waals surface area contributed by atoms with Crippen molar-refractivity contribution in [1.29, 1.82) is 0 Å². The van der Waals surface area contributed by atoms with Crippen LogP contribution in [0.4, 0.5) is 0 Å². The summed E-state index contributed by atoms with van der Waals surface area (Å²) in [6, 6.07) is 41.4. The number of carboxylic acids is 1. The highest BCUT2D eigenvalue weighted by atomic mass is 31.2. The predicted octanol–water partition coefficient (Wildman–Crippen LogP) is 9.09. The number of carbonyl (C=O) groups is 3. The van der Waals surface area contributed by atoms with Gasteiger partial charge in [0.2, 0.25) is 14.2 Å². The van der Waals surface area contributed by atoms with Crippen LogP contribution in [0.5, 0.6) is 5.75 Å². The zero-order chi connectivity index (χ0) is 39.8. The van der Waals surface area contributed by atoms with E-state index in [2.05, 4.69) is 41.5 Å². The molecule has 1 fully saturated rings. The van der Waals surface area contributed by atoms with Gasteiger partial charge in [0.05, 0.1) is 18.1 Å². The van der Waals surface area contributed by atoms with Gasteiger partial charge in [0, 0.05) is 18.9 Å². The van der Waals surface area contributed by atoms with E-state index in [1.807, 2.05) is 110 Å². The summed E-state index contributed by atoms with van der Waals surface area (Å²) in [5.74, 6) is -1.58. The van der Waals surface area contributed by atoms with E-state index in [1.165, 1.54) is 4.90 Å². The Kier molecular flexibility index (Phi) is 14.0. The van der Waals surface area contributed by atoms with Gasteiger partial charge in [0.1, 0.15) is 11.2 Å². The summed E-state index contributed by atoms with van der Waals surface area (Å²) in [6.07, 6.45) is -0.539. The molecular weight excluding hydrogens is 738 g/mol. The molecule has 0 aliphatic carbocycles. The number of rotatable bonds is 19. The molecule has 0 saturated carbocycles. The fraction of sp³-hybridized carbons (Fsp3) is 0.378. The Balaban J connectivity index is 1.70. The number of Topliss-reactive ketones (excluding diaryl/α,β-unsaturated/α-hetero) is 1. The second-order valence-corrected chi connectivity index (χ2v) is 27.4. The second kappa shape index (κ2) is 18.3. The molecule has 1 N–H and O–H groups in total. The molecule has 292 valence electrons. The third-order valence-electron chi connectivity index (χ3n) is 12.1. The smallest absolute Gasteiger partial charge is 0.353 e. The quantitative estimate of drug-likeness (QED) is 0.0441. The maximum atomic E-state index is 14.9. The summed E-state index contributed by atoms with van der Waals surface area (Å²) in [4.78, 5) is 44.9. The van der Waals surface area contributed by atoms with Crippen LogP contribution in [0.25, 0.3) is 0 Å². The lowest BCUT2D eigenvalue weighted by atomic mass is 9.79. The number of benzene rings is 4. The molecule has 0 spiro atoms. The molecule has 4 aromatic rings. The van der Waals surface area contributed by atoms with E-state index in [0.717, 1.165) is 57.9 Å². The summed E-state index contributed by atoms with van der Waals surface area (Å²) in [5, 5.41) is 13.9. The topological polar surface area (TPSA) is 93.1 Å². The van der Waals surface area contributed by atoms with Crippen molar-refractivity contribution in [3.8, 4) is 5.75 Å². The molecule has 1 saturated heterocycles. The molecule has 0 bridgehead atoms. The van der Waals surface area contributed by atoms with Gasteiger partial charge in [-0.1, -0.05) is 133 Å². The van der Waals surface area contributed by atoms with Gasteiger partial charge < -0.3 is 18.9 Å². The number of hydrogen-bond donors (Lipinski definition) is 1. The summed E-state index contributed by atoms with van der Waals surface area (Å²) in [6.45, 7) is 11.7. The molecule has 55 heavy (non-hydrogen) atoms. The van der Waals surface area contributed by atoms with Gasteiger partial charge in [-0.25, -0.2) is 4.79 Å². The Hall–Kier alpha value is -4.02. The van der Waals surface area contributed by atoms with Gasteiger partial charge in [-0.2, -0.15) is 0 Å². The molecule has 4 aromatic carbocycles. The number of carbonyl (C=O) groups excluding carboxylic acids is 2. The summed E-state index contributed by atoms with van der Waals surface area (Å²) in [5.41, 5.74) is 0.512. The van der Waals surface area contributed by atoms with E-state index < -0.39 is 47.6 Å². The number of carboxylic acid groups (broad SMARTS) is 1. The Morgan fingerprint density at radius 3 is 1.47 bits per heavy atom. The Labute approximate surface area is 330 Å². The van der Waals surface area contributed by atoms with E-state index >= 15 is 0 Å². The van der Waals surface area contributed by atoms with E-state index in [0.29, 0.717) is 5.56 Å². The first-order valence-corrected chi connectivity index (χ1v) is 26.8. The van der Waals surface area contributed by atoms with Gasteiger partial charge in [-0.3, -0.25) is 9.59 Å². The van der Waals surface area contributed by atoms with Crippen LogP contribution in [-0.2, 0) is 14.0 Å². The molecule has 0 aromatic heterocycles. The normalized spacial score (nSPS) is 16.6. The lowest BCUT2D eigenvalue weighted by Gasteiger charge is -2.52. The van der Waals surface area contributed by atoms with Crippen LogP contribution in [-0.4, -0.2) is 61.9 Å². The van der Waals surface area contributed by atoms with Crippen LogP contribution in [0, 0.1) is 5.92 Å². The minimum Gasteiger partial charge on any atom is -0.544 e. The first-order valence-electron chi connectivity index (χ1n) is 20.0. The van der Waals surface area contributed by atoms with Crippen molar-refractivity contribution in [3.05, 3.63) is 121 Å². The number of hydrogen-bond acceptors (Lipinski definition) is 5. The molecule has 1 aliphatic heterocycles. The first kappa shape index (κ1) is 42.1. The third kappa shape index (κ3) is 8.27. The average Bonchev–Trinajstić information content (AvgIpc) is 3.23. The molecule has 3 atom stereocenters. The SMILES string of the molecule is CC[Si](CC)(CC)Oc1ccc(C(=O)C[C@@H]2[C@@H]([C@@H](C)O[Si](CC)(CC)CC)C(=O)N2C(C(=O)O)=P(c2ccccc2)(c2ccccc2)c2ccccc2)cc1. The molecule has 0 unspecified atom stereocenters. The Bertz CT molecular complexity index is 1850. The highest BCUT2D eigenvalue weighted by molar-refractivity contribution is 7.96. The van der Waals surface area contributed by atoms with Crippen LogP contribution in [0.1, 0.15) is 65.2 Å². The van der Waals surface area contributed by atoms with Crippen molar-refractivity contribution in [3.63, 3.8) is 0 Å². The highest BCUT2D eigenvalue weighted by Gasteiger charge is 2.56. The van der Waals surface area contributed by atoms with Crippen molar-refractivity contribution in [2.75, 3.05) is 0 Å². The summed E-state index contributed by atoms with van der Waals surface area (Å²) < 4.78 is 13.5. The number of ketones is 1. The lowest BCUT2D eigenvalue weighted by Crippen LogP contribution is -2.69. The molecule has 0 radical (unpaired) electrons. The number of amides is 1. The van der Waals surface area contributed by atoms with E-state index in [-0.39, 0.29) is 23.5 Å². The van der Waals surface area contributed by atoms with Gasteiger partial charge in [-0.15, -0.1) is 0 Å². The minimum atomic E-state index is -3.22. The van der Waals surface area contributed by atoms with Crippen LogP contribution in [0.15, 0.2) is 115 Å². The first-order chi connectivity index (χ1) is 26.5. The fourth-order valence-corrected chi connectivity index (χ4v) is 18.3. The van der Waals surface area contributed by atoms with E-state index in [1.54, 1.807) is 12.1 Å². The molecular formula is C45H58NO6PSi2. The average molecular weight is 796 g/mol. The Morgan fingerprint density at radius 2 is 1.09 bits per heavy atom. The van der Waals surface area contributed by atoms with Crippen molar-refractivity contribution in [2.24, 2.45) is 5.92 Å². The lowest BCUT2D eigenvalue weighted by molar-refractivity contribution is -0.155. The van der Waals surface area contributed by atoms with E-state index in [4.69, 9.17) is 8.85 Å². The molecule has 1 amide bonds. The summed E-state index contributed by atoms with van der Waals surface area (Å²) >= 11 is 0. The fourth-order valence-electron chi connectivity index (χ4n) is 8.44. The molecule has 1 heterocycles. The second-order valence-electron chi connectivity index (χ2n) is 14.7. The third-order valence-corrected chi connectivity index (χ3v) is 25.7. The Morgan fingerprint density at radius 1 is 0.673 bits per heavy atom. The van der Waals surface area contributed by atoms with Crippen molar-refractivity contribution < 1.29 is 28.3 Å². The number of aliphatic carboxylic acids is 1. The standard InChI is InChI=1S/C45H58NO6PSi2/c1-8-54(9-2,10-3)51-34(7)42-40(33-41(47)35-29-31-36(32-30-35)52-55(11-4,12-5)13-6)46(43(42)48)44(45(49)50)53(37-23-17-14-18-24-37,38-25-19-15-20-26-38)39-27-21-16-22-28-39/h14-32,34,40,42H,8-13,33H2,1-7H3,(H,49,50)/t34-,40-,42-/m1/s1. The highest BCUT2D eigenvalue weighted by Crippen LogP contribution is 2.50. The minimum absolute atomic E-state index is 0.0103. The molecule has 10 heteroatoms. The van der Waals surface area contributed by atoms with Gasteiger partial charge >= 0.3 is 5.97 Å². The zero-order valence-corrected chi connectivity index (χ0v) is 36.4. The van der Waals surface area contributed by atoms with Crippen LogP contribution >= 0.6 is 6.89 Å².